The summed E-state index contributed by atoms with van der Waals surface area (Å²) in [7, 11) is 1.60. The Morgan fingerprint density at radius 3 is 2.61 bits per heavy atom. The predicted octanol–water partition coefficient (Wildman–Crippen LogP) is 4.45. The van der Waals surface area contributed by atoms with Gasteiger partial charge in [0.25, 0.3) is 0 Å². The summed E-state index contributed by atoms with van der Waals surface area (Å²) in [5.74, 6) is -1.74. The molecule has 1 N–H and O–H groups in total. The molecule has 0 bridgehead atoms. The van der Waals surface area contributed by atoms with Crippen molar-refractivity contribution in [3.8, 4) is 5.75 Å². The van der Waals surface area contributed by atoms with Gasteiger partial charge in [0.05, 0.1) is 11.6 Å². The van der Waals surface area contributed by atoms with E-state index >= 15 is 0 Å². The molecule has 1 aliphatic rings. The van der Waals surface area contributed by atoms with E-state index in [0.29, 0.717) is 12.8 Å². The highest BCUT2D eigenvalue weighted by Gasteiger charge is 2.34. The van der Waals surface area contributed by atoms with E-state index in [1.54, 1.807) is 7.11 Å². The van der Waals surface area contributed by atoms with E-state index in [-0.39, 0.29) is 18.9 Å². The normalized spacial score (nSPS) is 19.6. The Bertz CT molecular complexity index is 415. The van der Waals surface area contributed by atoms with Gasteiger partial charge in [-0.05, 0) is 40.9 Å². The molecule has 5 heteroatoms. The number of nitrogens with one attached hydrogen (secondary N) is 1. The van der Waals surface area contributed by atoms with Crippen LogP contribution in [0.15, 0.2) is 22.7 Å². The standard InChI is InChI=1S/C13H16BrF2NO/c1-18-12-8-10(2-3-11(12)14)17-9-4-6-13(15,16)7-5-9/h2-3,8-9,17H,4-7H2,1H3. The molecule has 18 heavy (non-hydrogen) atoms. The van der Waals surface area contributed by atoms with Gasteiger partial charge in [0.15, 0.2) is 0 Å². The third-order valence-corrected chi connectivity index (χ3v) is 3.89. The lowest BCUT2D eigenvalue weighted by Gasteiger charge is -2.29. The van der Waals surface area contributed by atoms with Crippen LogP contribution in [0.4, 0.5) is 14.5 Å². The summed E-state index contributed by atoms with van der Waals surface area (Å²) >= 11 is 3.38. The van der Waals surface area contributed by atoms with Gasteiger partial charge in [0.2, 0.25) is 5.92 Å². The van der Waals surface area contributed by atoms with Crippen LogP contribution in [0.5, 0.6) is 5.75 Å². The first-order valence-electron chi connectivity index (χ1n) is 5.98. The van der Waals surface area contributed by atoms with Gasteiger partial charge in [-0.15, -0.1) is 0 Å². The maximum absolute atomic E-state index is 13.0. The van der Waals surface area contributed by atoms with Gasteiger partial charge in [-0.25, -0.2) is 8.78 Å². The number of anilines is 1. The van der Waals surface area contributed by atoms with Crippen LogP contribution < -0.4 is 10.1 Å². The Balaban J connectivity index is 1.98. The van der Waals surface area contributed by atoms with Crippen LogP contribution in [0.1, 0.15) is 25.7 Å². The van der Waals surface area contributed by atoms with E-state index < -0.39 is 5.92 Å². The van der Waals surface area contributed by atoms with Crippen LogP contribution in [0.2, 0.25) is 0 Å². The molecule has 0 aliphatic heterocycles. The lowest BCUT2D eigenvalue weighted by molar-refractivity contribution is -0.0360. The molecule has 0 aromatic heterocycles. The molecule has 2 rings (SSSR count). The fourth-order valence-electron chi connectivity index (χ4n) is 2.17. The fourth-order valence-corrected chi connectivity index (χ4v) is 2.58. The fraction of sp³-hybridized carbons (Fsp3) is 0.538. The molecule has 1 aromatic rings. The van der Waals surface area contributed by atoms with Gasteiger partial charge >= 0.3 is 0 Å². The van der Waals surface area contributed by atoms with Crippen molar-refractivity contribution in [3.63, 3.8) is 0 Å². The largest absolute Gasteiger partial charge is 0.495 e. The summed E-state index contributed by atoms with van der Waals surface area (Å²) in [5.41, 5.74) is 0.908. The number of benzene rings is 1. The Morgan fingerprint density at radius 1 is 1.33 bits per heavy atom. The number of ether oxygens (including phenoxy) is 1. The molecule has 0 spiro atoms. The minimum Gasteiger partial charge on any atom is -0.495 e. The molecular formula is C13H16BrF2NO. The molecule has 100 valence electrons. The predicted molar refractivity (Wildman–Crippen MR) is 71.5 cm³/mol. The number of methoxy groups -OCH3 is 1. The first-order valence-corrected chi connectivity index (χ1v) is 6.77. The molecule has 1 fully saturated rings. The third-order valence-electron chi connectivity index (χ3n) is 3.24. The monoisotopic (exact) mass is 319 g/mol. The van der Waals surface area contributed by atoms with Gasteiger partial charge in [0, 0.05) is 30.6 Å². The average molecular weight is 320 g/mol. The topological polar surface area (TPSA) is 21.3 Å². The average Bonchev–Trinajstić information content (AvgIpc) is 2.34. The highest BCUT2D eigenvalue weighted by atomic mass is 79.9. The summed E-state index contributed by atoms with van der Waals surface area (Å²) in [6.45, 7) is 0. The molecule has 0 unspecified atom stereocenters. The van der Waals surface area contributed by atoms with Crippen molar-refractivity contribution >= 4 is 21.6 Å². The first kappa shape index (κ1) is 13.6. The van der Waals surface area contributed by atoms with E-state index in [0.717, 1.165) is 15.9 Å². The molecule has 1 saturated carbocycles. The number of halogens is 3. The highest BCUT2D eigenvalue weighted by molar-refractivity contribution is 9.10. The number of hydrogen-bond donors (Lipinski definition) is 1. The Hall–Kier alpha value is -0.840. The van der Waals surface area contributed by atoms with Crippen LogP contribution >= 0.6 is 15.9 Å². The molecule has 1 aromatic carbocycles. The van der Waals surface area contributed by atoms with Crippen LogP contribution in [0.25, 0.3) is 0 Å². The summed E-state index contributed by atoms with van der Waals surface area (Å²) in [4.78, 5) is 0. The van der Waals surface area contributed by atoms with E-state index in [2.05, 4.69) is 21.2 Å². The second-order valence-corrected chi connectivity index (χ2v) is 5.48. The van der Waals surface area contributed by atoms with Crippen molar-refractivity contribution in [2.75, 3.05) is 12.4 Å². The molecule has 0 atom stereocenters. The second-order valence-electron chi connectivity index (χ2n) is 4.62. The van der Waals surface area contributed by atoms with Crippen molar-refractivity contribution < 1.29 is 13.5 Å². The zero-order chi connectivity index (χ0) is 13.2. The molecular weight excluding hydrogens is 304 g/mol. The van der Waals surface area contributed by atoms with Crippen molar-refractivity contribution in [2.24, 2.45) is 0 Å². The summed E-state index contributed by atoms with van der Waals surface area (Å²) in [6, 6.07) is 5.80. The van der Waals surface area contributed by atoms with Crippen molar-refractivity contribution in [3.05, 3.63) is 22.7 Å². The lowest BCUT2D eigenvalue weighted by atomic mass is 9.92. The minimum atomic E-state index is -2.48. The minimum absolute atomic E-state index is 0.0294. The molecule has 0 heterocycles. The van der Waals surface area contributed by atoms with Crippen LogP contribution in [0.3, 0.4) is 0 Å². The smallest absolute Gasteiger partial charge is 0.248 e. The van der Waals surface area contributed by atoms with E-state index in [4.69, 9.17) is 4.74 Å². The Kier molecular flexibility index (Phi) is 4.10. The maximum atomic E-state index is 13.0. The van der Waals surface area contributed by atoms with Crippen molar-refractivity contribution in [2.45, 2.75) is 37.6 Å². The third kappa shape index (κ3) is 3.34. The number of hydrogen-bond acceptors (Lipinski definition) is 2. The Morgan fingerprint density at radius 2 is 2.00 bits per heavy atom. The van der Waals surface area contributed by atoms with E-state index in [1.165, 1.54) is 0 Å². The molecule has 0 saturated heterocycles. The molecule has 2 nitrogen and oxygen atoms in total. The maximum Gasteiger partial charge on any atom is 0.248 e. The number of alkyl halides is 2. The van der Waals surface area contributed by atoms with Crippen LogP contribution in [0, 0.1) is 0 Å². The summed E-state index contributed by atoms with van der Waals surface area (Å²) < 4.78 is 32.1. The molecule has 0 radical (unpaired) electrons. The Labute approximate surface area is 114 Å². The summed E-state index contributed by atoms with van der Waals surface area (Å²) in [5, 5.41) is 3.29. The van der Waals surface area contributed by atoms with Gasteiger partial charge in [-0.1, -0.05) is 0 Å². The van der Waals surface area contributed by atoms with Crippen molar-refractivity contribution in [1.82, 2.24) is 0 Å². The van der Waals surface area contributed by atoms with Gasteiger partial charge in [-0.2, -0.15) is 0 Å². The van der Waals surface area contributed by atoms with Crippen molar-refractivity contribution in [1.29, 1.82) is 0 Å². The molecule has 0 amide bonds. The van der Waals surface area contributed by atoms with Gasteiger partial charge < -0.3 is 10.1 Å². The second kappa shape index (κ2) is 5.43. The summed E-state index contributed by atoms with van der Waals surface area (Å²) in [6.07, 6.45) is 0.952. The first-order chi connectivity index (χ1) is 8.50. The zero-order valence-corrected chi connectivity index (χ0v) is 11.8. The lowest BCUT2D eigenvalue weighted by Crippen LogP contribution is -2.31. The van der Waals surface area contributed by atoms with E-state index in [1.807, 2.05) is 18.2 Å². The quantitative estimate of drug-likeness (QED) is 0.888. The molecule has 1 aliphatic carbocycles. The van der Waals surface area contributed by atoms with Gasteiger partial charge in [0.1, 0.15) is 5.75 Å². The number of rotatable bonds is 3. The van der Waals surface area contributed by atoms with Gasteiger partial charge in [-0.3, -0.25) is 0 Å². The zero-order valence-electron chi connectivity index (χ0n) is 10.2. The van der Waals surface area contributed by atoms with E-state index in [9.17, 15) is 8.78 Å². The van der Waals surface area contributed by atoms with Crippen LogP contribution in [-0.2, 0) is 0 Å². The highest BCUT2D eigenvalue weighted by Crippen LogP contribution is 2.35. The van der Waals surface area contributed by atoms with Crippen LogP contribution in [-0.4, -0.2) is 19.1 Å². The SMILES string of the molecule is COc1cc(NC2CCC(F)(F)CC2)ccc1Br.